The van der Waals surface area contributed by atoms with Gasteiger partial charge in [-0.2, -0.15) is 0 Å². The third kappa shape index (κ3) is 4.34. The van der Waals surface area contributed by atoms with Gasteiger partial charge in [-0.1, -0.05) is 18.2 Å². The van der Waals surface area contributed by atoms with Gasteiger partial charge in [0.2, 0.25) is 0 Å². The third-order valence-electron chi connectivity index (χ3n) is 5.66. The predicted molar refractivity (Wildman–Crippen MR) is 95.8 cm³/mol. The topological polar surface area (TPSA) is 35.5 Å². The standard InChI is InChI=1S/C20H32N2O/c1-16(18-10-9-17-6-4-7-19(17)14-18)21-11-2-3-12-22-13-5-8-20(22)15-23/h9-10,14,16,20-21,23H,2-8,11-13,15H2,1H3. The summed E-state index contributed by atoms with van der Waals surface area (Å²) in [5, 5.41) is 13.0. The maximum absolute atomic E-state index is 9.35. The van der Waals surface area contributed by atoms with Gasteiger partial charge in [-0.25, -0.2) is 0 Å². The Balaban J connectivity index is 1.35. The van der Waals surface area contributed by atoms with Gasteiger partial charge in [0.05, 0.1) is 6.61 Å². The molecule has 1 aliphatic heterocycles. The number of aliphatic hydroxyl groups excluding tert-OH is 1. The molecule has 0 saturated carbocycles. The predicted octanol–water partition coefficient (Wildman–Crippen LogP) is 3.06. The quantitative estimate of drug-likeness (QED) is 0.724. The largest absolute Gasteiger partial charge is 0.395 e. The second-order valence-corrected chi connectivity index (χ2v) is 7.28. The Morgan fingerprint density at radius 3 is 2.96 bits per heavy atom. The number of aliphatic hydroxyl groups is 1. The van der Waals surface area contributed by atoms with Crippen molar-refractivity contribution >= 4 is 0 Å². The minimum absolute atomic E-state index is 0.327. The molecule has 0 amide bonds. The molecule has 1 aromatic rings. The number of unbranched alkanes of at least 4 members (excludes halogenated alkanes) is 1. The molecule has 1 heterocycles. The Hall–Kier alpha value is -0.900. The highest BCUT2D eigenvalue weighted by Gasteiger charge is 2.22. The normalized spacial score (nSPS) is 22.4. The summed E-state index contributed by atoms with van der Waals surface area (Å²) in [5.74, 6) is 0. The number of nitrogens with zero attached hydrogens (tertiary/aromatic N) is 1. The smallest absolute Gasteiger partial charge is 0.0586 e. The van der Waals surface area contributed by atoms with Crippen LogP contribution < -0.4 is 5.32 Å². The van der Waals surface area contributed by atoms with E-state index in [1.165, 1.54) is 57.1 Å². The van der Waals surface area contributed by atoms with Crippen LogP contribution in [0.15, 0.2) is 18.2 Å². The van der Waals surface area contributed by atoms with E-state index in [4.69, 9.17) is 0 Å². The Bertz CT molecular complexity index is 502. The van der Waals surface area contributed by atoms with Crippen molar-refractivity contribution in [1.82, 2.24) is 10.2 Å². The molecule has 1 aromatic carbocycles. The highest BCUT2D eigenvalue weighted by molar-refractivity contribution is 5.36. The van der Waals surface area contributed by atoms with Crippen LogP contribution in [-0.2, 0) is 12.8 Å². The lowest BCUT2D eigenvalue weighted by atomic mass is 10.0. The Kier molecular flexibility index (Phi) is 6.09. The van der Waals surface area contributed by atoms with E-state index in [-0.39, 0.29) is 0 Å². The molecule has 1 fully saturated rings. The fraction of sp³-hybridized carbons (Fsp3) is 0.700. The molecule has 0 spiro atoms. The molecule has 3 rings (SSSR count). The van der Waals surface area contributed by atoms with E-state index >= 15 is 0 Å². The van der Waals surface area contributed by atoms with Gasteiger partial charge in [0.15, 0.2) is 0 Å². The minimum Gasteiger partial charge on any atom is -0.395 e. The highest BCUT2D eigenvalue weighted by atomic mass is 16.3. The number of likely N-dealkylation sites (tertiary alicyclic amines) is 1. The Labute approximate surface area is 141 Å². The molecule has 128 valence electrons. The first kappa shape index (κ1) is 16.9. The van der Waals surface area contributed by atoms with Gasteiger partial charge in [-0.05, 0) is 88.2 Å². The average Bonchev–Trinajstić information content (AvgIpc) is 3.22. The van der Waals surface area contributed by atoms with Crippen LogP contribution in [0.2, 0.25) is 0 Å². The lowest BCUT2D eigenvalue weighted by molar-refractivity contribution is 0.157. The fourth-order valence-electron chi connectivity index (χ4n) is 4.13. The summed E-state index contributed by atoms with van der Waals surface area (Å²) in [6, 6.07) is 7.91. The fourth-order valence-corrected chi connectivity index (χ4v) is 4.13. The van der Waals surface area contributed by atoms with Crippen LogP contribution in [-0.4, -0.2) is 42.3 Å². The second-order valence-electron chi connectivity index (χ2n) is 7.28. The summed E-state index contributed by atoms with van der Waals surface area (Å²) in [6.45, 7) is 5.99. The number of hydrogen-bond acceptors (Lipinski definition) is 3. The van der Waals surface area contributed by atoms with E-state index in [1.54, 1.807) is 11.1 Å². The van der Waals surface area contributed by atoms with Crippen molar-refractivity contribution in [3.8, 4) is 0 Å². The number of fused-ring (bicyclic) bond motifs is 1. The maximum atomic E-state index is 9.35. The van der Waals surface area contributed by atoms with Crippen LogP contribution >= 0.6 is 0 Å². The SMILES string of the molecule is CC(NCCCCN1CCCC1CO)c1ccc2c(c1)CCC2. The highest BCUT2D eigenvalue weighted by Crippen LogP contribution is 2.25. The van der Waals surface area contributed by atoms with Crippen LogP contribution in [0, 0.1) is 0 Å². The van der Waals surface area contributed by atoms with Gasteiger partial charge >= 0.3 is 0 Å². The van der Waals surface area contributed by atoms with Crippen molar-refractivity contribution in [2.24, 2.45) is 0 Å². The molecule has 0 bridgehead atoms. The van der Waals surface area contributed by atoms with E-state index in [9.17, 15) is 5.11 Å². The van der Waals surface area contributed by atoms with Crippen LogP contribution in [0.25, 0.3) is 0 Å². The van der Waals surface area contributed by atoms with Crippen molar-refractivity contribution < 1.29 is 5.11 Å². The Morgan fingerprint density at radius 2 is 2.09 bits per heavy atom. The van der Waals surface area contributed by atoms with E-state index < -0.39 is 0 Å². The van der Waals surface area contributed by atoms with Crippen LogP contribution in [0.4, 0.5) is 0 Å². The van der Waals surface area contributed by atoms with Gasteiger partial charge in [0.25, 0.3) is 0 Å². The molecule has 2 aliphatic rings. The molecule has 23 heavy (non-hydrogen) atoms. The maximum Gasteiger partial charge on any atom is 0.0586 e. The van der Waals surface area contributed by atoms with Crippen molar-refractivity contribution in [3.63, 3.8) is 0 Å². The number of nitrogens with one attached hydrogen (secondary N) is 1. The molecule has 3 heteroatoms. The van der Waals surface area contributed by atoms with Gasteiger partial charge < -0.3 is 10.4 Å². The number of benzene rings is 1. The number of aryl methyl sites for hydroxylation is 2. The lowest BCUT2D eigenvalue weighted by Crippen LogP contribution is -2.33. The molecule has 0 aromatic heterocycles. The Morgan fingerprint density at radius 1 is 1.22 bits per heavy atom. The minimum atomic E-state index is 0.327. The van der Waals surface area contributed by atoms with Crippen LogP contribution in [0.3, 0.4) is 0 Å². The van der Waals surface area contributed by atoms with Crippen molar-refractivity contribution in [2.75, 3.05) is 26.2 Å². The first-order chi connectivity index (χ1) is 11.3. The van der Waals surface area contributed by atoms with Crippen molar-refractivity contribution in [2.45, 2.75) is 64.0 Å². The third-order valence-corrected chi connectivity index (χ3v) is 5.66. The molecular formula is C20H32N2O. The van der Waals surface area contributed by atoms with Crippen LogP contribution in [0.5, 0.6) is 0 Å². The lowest BCUT2D eigenvalue weighted by Gasteiger charge is -2.22. The summed E-state index contributed by atoms with van der Waals surface area (Å²) in [7, 11) is 0. The molecular weight excluding hydrogens is 284 g/mol. The first-order valence-corrected chi connectivity index (χ1v) is 9.48. The molecule has 2 N–H and O–H groups in total. The van der Waals surface area contributed by atoms with Crippen molar-refractivity contribution in [1.29, 1.82) is 0 Å². The molecule has 3 nitrogen and oxygen atoms in total. The number of rotatable bonds is 8. The van der Waals surface area contributed by atoms with E-state index in [1.807, 2.05) is 0 Å². The molecule has 1 saturated heterocycles. The zero-order valence-electron chi connectivity index (χ0n) is 14.6. The van der Waals surface area contributed by atoms with Crippen molar-refractivity contribution in [3.05, 3.63) is 34.9 Å². The summed E-state index contributed by atoms with van der Waals surface area (Å²) >= 11 is 0. The van der Waals surface area contributed by atoms with Gasteiger partial charge in [-0.15, -0.1) is 0 Å². The summed E-state index contributed by atoms with van der Waals surface area (Å²) in [6.07, 6.45) is 8.71. The van der Waals surface area contributed by atoms with E-state index in [0.29, 0.717) is 18.7 Å². The summed E-state index contributed by atoms with van der Waals surface area (Å²) in [5.41, 5.74) is 4.57. The molecule has 2 unspecified atom stereocenters. The van der Waals surface area contributed by atoms with E-state index in [2.05, 4.69) is 35.3 Å². The zero-order valence-corrected chi connectivity index (χ0v) is 14.6. The average molecular weight is 316 g/mol. The van der Waals surface area contributed by atoms with E-state index in [0.717, 1.165) is 13.1 Å². The monoisotopic (exact) mass is 316 g/mol. The molecule has 1 aliphatic carbocycles. The summed E-state index contributed by atoms with van der Waals surface area (Å²) < 4.78 is 0. The number of hydrogen-bond donors (Lipinski definition) is 2. The molecule has 0 radical (unpaired) electrons. The molecule has 2 atom stereocenters. The van der Waals surface area contributed by atoms with Gasteiger partial charge in [0, 0.05) is 12.1 Å². The van der Waals surface area contributed by atoms with Gasteiger partial charge in [-0.3, -0.25) is 4.90 Å². The van der Waals surface area contributed by atoms with Crippen LogP contribution in [0.1, 0.15) is 61.8 Å². The second kappa shape index (κ2) is 8.27. The zero-order chi connectivity index (χ0) is 16.1. The first-order valence-electron chi connectivity index (χ1n) is 9.48. The summed E-state index contributed by atoms with van der Waals surface area (Å²) in [4.78, 5) is 2.46. The van der Waals surface area contributed by atoms with Gasteiger partial charge in [0.1, 0.15) is 0 Å².